The molecular formula is C13H11ClFN5. The Kier molecular flexibility index (Phi) is 3.23. The summed E-state index contributed by atoms with van der Waals surface area (Å²) in [6.45, 7) is 1.96. The number of hydrogen-bond donors (Lipinski definition) is 1. The molecule has 1 aromatic carbocycles. The van der Waals surface area contributed by atoms with Gasteiger partial charge in [-0.3, -0.25) is 0 Å². The third-order valence-corrected chi connectivity index (χ3v) is 3.15. The van der Waals surface area contributed by atoms with Crippen LogP contribution in [0.5, 0.6) is 0 Å². The third kappa shape index (κ3) is 2.42. The van der Waals surface area contributed by atoms with Crippen molar-refractivity contribution in [3.8, 4) is 0 Å². The van der Waals surface area contributed by atoms with Crippen LogP contribution >= 0.6 is 11.6 Å². The first kappa shape index (κ1) is 12.8. The second kappa shape index (κ2) is 5.05. The van der Waals surface area contributed by atoms with E-state index in [9.17, 15) is 4.39 Å². The molecule has 0 saturated carbocycles. The maximum Gasteiger partial charge on any atom is 0.255 e. The number of aromatic nitrogens is 4. The standard InChI is InChI=1S/C13H11ClFN5/c1-8(9-2-4-10(15)5-3-9)18-12-6-11(14)19-13-16-7-17-20(12)13/h2-8,18H,1H3. The van der Waals surface area contributed by atoms with Crippen LogP contribution in [0.15, 0.2) is 36.7 Å². The molecule has 5 nitrogen and oxygen atoms in total. The SMILES string of the molecule is CC(Nc1cc(Cl)nc2ncnn12)c1ccc(F)cc1. The summed E-state index contributed by atoms with van der Waals surface area (Å²) in [7, 11) is 0. The lowest BCUT2D eigenvalue weighted by molar-refractivity contribution is 0.626. The fourth-order valence-electron chi connectivity index (χ4n) is 1.94. The lowest BCUT2D eigenvalue weighted by Crippen LogP contribution is -2.11. The molecule has 2 aromatic heterocycles. The topological polar surface area (TPSA) is 55.1 Å². The molecule has 0 saturated heterocycles. The summed E-state index contributed by atoms with van der Waals surface area (Å²) in [5.74, 6) is 0.840. The molecule has 1 atom stereocenters. The van der Waals surface area contributed by atoms with Gasteiger partial charge in [0.05, 0.1) is 0 Å². The molecule has 3 rings (SSSR count). The monoisotopic (exact) mass is 291 g/mol. The van der Waals surface area contributed by atoms with Crippen LogP contribution < -0.4 is 5.32 Å². The quantitative estimate of drug-likeness (QED) is 0.754. The molecule has 20 heavy (non-hydrogen) atoms. The van der Waals surface area contributed by atoms with E-state index in [0.717, 1.165) is 5.56 Å². The van der Waals surface area contributed by atoms with Crippen LogP contribution in [0, 0.1) is 5.82 Å². The van der Waals surface area contributed by atoms with Crippen molar-refractivity contribution in [3.05, 3.63) is 53.2 Å². The molecule has 0 aliphatic rings. The van der Waals surface area contributed by atoms with Crippen molar-refractivity contribution in [3.63, 3.8) is 0 Å². The zero-order chi connectivity index (χ0) is 14.1. The van der Waals surface area contributed by atoms with E-state index in [4.69, 9.17) is 11.6 Å². The van der Waals surface area contributed by atoms with Gasteiger partial charge in [-0.1, -0.05) is 23.7 Å². The number of fused-ring (bicyclic) bond motifs is 1. The van der Waals surface area contributed by atoms with E-state index in [0.29, 0.717) is 16.7 Å². The fraction of sp³-hybridized carbons (Fsp3) is 0.154. The molecule has 0 aliphatic carbocycles. The van der Waals surface area contributed by atoms with Crippen molar-refractivity contribution in [1.29, 1.82) is 0 Å². The van der Waals surface area contributed by atoms with Gasteiger partial charge in [-0.05, 0) is 24.6 Å². The molecule has 0 amide bonds. The molecular weight excluding hydrogens is 281 g/mol. The molecule has 3 aromatic rings. The zero-order valence-electron chi connectivity index (χ0n) is 10.6. The smallest absolute Gasteiger partial charge is 0.255 e. The molecule has 0 fully saturated rings. The molecule has 1 N–H and O–H groups in total. The van der Waals surface area contributed by atoms with Crippen LogP contribution in [0.2, 0.25) is 5.15 Å². The van der Waals surface area contributed by atoms with Gasteiger partial charge in [0.1, 0.15) is 23.1 Å². The predicted octanol–water partition coefficient (Wildman–Crippen LogP) is 3.09. The minimum atomic E-state index is -0.258. The van der Waals surface area contributed by atoms with Crippen LogP contribution in [-0.2, 0) is 0 Å². The Balaban J connectivity index is 1.92. The number of anilines is 1. The molecule has 0 aliphatic heterocycles. The Morgan fingerprint density at radius 1 is 1.30 bits per heavy atom. The highest BCUT2D eigenvalue weighted by Crippen LogP contribution is 2.21. The van der Waals surface area contributed by atoms with E-state index in [1.807, 2.05) is 6.92 Å². The molecule has 0 spiro atoms. The van der Waals surface area contributed by atoms with Crippen LogP contribution in [-0.4, -0.2) is 19.6 Å². The summed E-state index contributed by atoms with van der Waals surface area (Å²) in [5.41, 5.74) is 0.951. The molecule has 0 bridgehead atoms. The van der Waals surface area contributed by atoms with Gasteiger partial charge in [0.25, 0.3) is 5.78 Å². The lowest BCUT2D eigenvalue weighted by atomic mass is 10.1. The number of halogens is 2. The summed E-state index contributed by atoms with van der Waals surface area (Å²) in [5, 5.41) is 7.68. The van der Waals surface area contributed by atoms with Crippen molar-refractivity contribution in [1.82, 2.24) is 19.6 Å². The van der Waals surface area contributed by atoms with Gasteiger partial charge in [-0.2, -0.15) is 19.6 Å². The average Bonchev–Trinajstić information content (AvgIpc) is 2.87. The second-order valence-electron chi connectivity index (χ2n) is 4.35. The summed E-state index contributed by atoms with van der Waals surface area (Å²) in [4.78, 5) is 8.05. The van der Waals surface area contributed by atoms with Gasteiger partial charge in [0.15, 0.2) is 0 Å². The molecule has 2 heterocycles. The Morgan fingerprint density at radius 3 is 2.80 bits per heavy atom. The van der Waals surface area contributed by atoms with Crippen molar-refractivity contribution >= 4 is 23.2 Å². The van der Waals surface area contributed by atoms with Crippen molar-refractivity contribution in [2.75, 3.05) is 5.32 Å². The molecule has 1 unspecified atom stereocenters. The minimum Gasteiger partial charge on any atom is -0.363 e. The van der Waals surface area contributed by atoms with E-state index in [2.05, 4.69) is 20.4 Å². The summed E-state index contributed by atoms with van der Waals surface area (Å²) < 4.78 is 14.5. The van der Waals surface area contributed by atoms with Gasteiger partial charge in [0, 0.05) is 12.1 Å². The molecule has 0 radical (unpaired) electrons. The number of nitrogens with one attached hydrogen (secondary N) is 1. The van der Waals surface area contributed by atoms with E-state index in [-0.39, 0.29) is 11.9 Å². The first-order chi connectivity index (χ1) is 9.63. The summed E-state index contributed by atoms with van der Waals surface area (Å²) in [6, 6.07) is 7.95. The Bertz CT molecular complexity index is 740. The first-order valence-electron chi connectivity index (χ1n) is 6.02. The highest BCUT2D eigenvalue weighted by molar-refractivity contribution is 6.29. The number of nitrogens with zero attached hydrogens (tertiary/aromatic N) is 4. The normalized spacial score (nSPS) is 12.6. The average molecular weight is 292 g/mol. The van der Waals surface area contributed by atoms with Crippen LogP contribution in [0.25, 0.3) is 5.78 Å². The van der Waals surface area contributed by atoms with Crippen molar-refractivity contribution in [2.45, 2.75) is 13.0 Å². The Morgan fingerprint density at radius 2 is 2.05 bits per heavy atom. The summed E-state index contributed by atoms with van der Waals surface area (Å²) in [6.07, 6.45) is 1.41. The summed E-state index contributed by atoms with van der Waals surface area (Å²) >= 11 is 5.95. The molecule has 102 valence electrons. The third-order valence-electron chi connectivity index (χ3n) is 2.95. The lowest BCUT2D eigenvalue weighted by Gasteiger charge is -2.16. The highest BCUT2D eigenvalue weighted by Gasteiger charge is 2.10. The maximum absolute atomic E-state index is 12.9. The van der Waals surface area contributed by atoms with E-state index >= 15 is 0 Å². The predicted molar refractivity (Wildman–Crippen MR) is 74.2 cm³/mol. The van der Waals surface area contributed by atoms with Gasteiger partial charge in [0.2, 0.25) is 0 Å². The van der Waals surface area contributed by atoms with Crippen molar-refractivity contribution in [2.24, 2.45) is 0 Å². The number of rotatable bonds is 3. The van der Waals surface area contributed by atoms with E-state index in [1.54, 1.807) is 22.7 Å². The Hall–Kier alpha value is -2.21. The minimum absolute atomic E-state index is 0.0403. The largest absolute Gasteiger partial charge is 0.363 e. The van der Waals surface area contributed by atoms with E-state index < -0.39 is 0 Å². The maximum atomic E-state index is 12.9. The van der Waals surface area contributed by atoms with Crippen LogP contribution in [0.1, 0.15) is 18.5 Å². The highest BCUT2D eigenvalue weighted by atomic mass is 35.5. The second-order valence-corrected chi connectivity index (χ2v) is 4.74. The number of benzene rings is 1. The van der Waals surface area contributed by atoms with Gasteiger partial charge in [-0.15, -0.1) is 0 Å². The Labute approximate surface area is 119 Å². The van der Waals surface area contributed by atoms with Gasteiger partial charge < -0.3 is 5.32 Å². The number of hydrogen-bond acceptors (Lipinski definition) is 4. The van der Waals surface area contributed by atoms with Crippen LogP contribution in [0.4, 0.5) is 10.2 Å². The first-order valence-corrected chi connectivity index (χ1v) is 6.39. The van der Waals surface area contributed by atoms with Crippen molar-refractivity contribution < 1.29 is 4.39 Å². The molecule has 7 heteroatoms. The van der Waals surface area contributed by atoms with E-state index in [1.165, 1.54) is 18.5 Å². The van der Waals surface area contributed by atoms with Crippen LogP contribution in [0.3, 0.4) is 0 Å². The van der Waals surface area contributed by atoms with Gasteiger partial charge >= 0.3 is 0 Å². The van der Waals surface area contributed by atoms with Gasteiger partial charge in [-0.25, -0.2) is 4.39 Å². The fourth-order valence-corrected chi connectivity index (χ4v) is 2.12. The zero-order valence-corrected chi connectivity index (χ0v) is 11.3.